The summed E-state index contributed by atoms with van der Waals surface area (Å²) in [6, 6.07) is 13.8. The van der Waals surface area contributed by atoms with Gasteiger partial charge in [0.2, 0.25) is 11.8 Å². The molecule has 1 fully saturated rings. The smallest absolute Gasteiger partial charge is 0.253 e. The molecule has 7 nitrogen and oxygen atoms in total. The summed E-state index contributed by atoms with van der Waals surface area (Å²) in [5.74, 6) is -1.25. The highest BCUT2D eigenvalue weighted by atomic mass is 16.2. The fraction of sp³-hybridized carbons (Fsp3) is 0.318. The summed E-state index contributed by atoms with van der Waals surface area (Å²) >= 11 is 0. The second-order valence-corrected chi connectivity index (χ2v) is 7.39. The van der Waals surface area contributed by atoms with Crippen molar-refractivity contribution in [3.63, 3.8) is 0 Å². The first kappa shape index (κ1) is 20.2. The highest BCUT2D eigenvalue weighted by Gasteiger charge is 2.54. The van der Waals surface area contributed by atoms with Crippen molar-refractivity contribution in [1.29, 1.82) is 5.26 Å². The van der Waals surface area contributed by atoms with E-state index in [4.69, 9.17) is 0 Å². The lowest BCUT2D eigenvalue weighted by molar-refractivity contribution is -0.173. The normalized spacial score (nSPS) is 21.8. The minimum atomic E-state index is -1.32. The van der Waals surface area contributed by atoms with Crippen LogP contribution in [0.3, 0.4) is 0 Å². The van der Waals surface area contributed by atoms with Gasteiger partial charge in [-0.2, -0.15) is 5.26 Å². The van der Waals surface area contributed by atoms with E-state index >= 15 is 0 Å². The Balaban J connectivity index is 1.99. The summed E-state index contributed by atoms with van der Waals surface area (Å²) < 4.78 is 0. The third-order valence-corrected chi connectivity index (χ3v) is 5.36. The van der Waals surface area contributed by atoms with Gasteiger partial charge in [0.25, 0.3) is 5.91 Å². The molecular formula is C22H22N4O3. The van der Waals surface area contributed by atoms with Gasteiger partial charge in [-0.3, -0.25) is 19.3 Å². The number of nitrogens with zero attached hydrogens (tertiary/aromatic N) is 4. The average Bonchev–Trinajstić information content (AvgIpc) is 2.70. The van der Waals surface area contributed by atoms with Crippen LogP contribution in [-0.4, -0.2) is 51.1 Å². The second kappa shape index (κ2) is 7.84. The summed E-state index contributed by atoms with van der Waals surface area (Å²) in [7, 11) is 1.56. The highest BCUT2D eigenvalue weighted by Crippen LogP contribution is 2.31. The number of hydrogen-bond acceptors (Lipinski definition) is 5. The molecule has 2 atom stereocenters. The standard InChI is InChI=1S/C22H22N4O3/c1-15(27)26-20(28)19(12-17-10-7-11-24-18(17)14-23)25(3)21(29)22(26,2)13-16-8-5-4-6-9-16/h4-11,19H,12-13H2,1-3H3. The Labute approximate surface area is 169 Å². The lowest BCUT2D eigenvalue weighted by Gasteiger charge is -2.48. The number of nitriles is 1. The van der Waals surface area contributed by atoms with Crippen molar-refractivity contribution in [1.82, 2.24) is 14.8 Å². The molecule has 1 aliphatic rings. The van der Waals surface area contributed by atoms with E-state index in [-0.39, 0.29) is 24.4 Å². The number of aromatic nitrogens is 1. The first-order valence-electron chi connectivity index (χ1n) is 9.29. The van der Waals surface area contributed by atoms with Gasteiger partial charge in [0, 0.05) is 33.0 Å². The van der Waals surface area contributed by atoms with Gasteiger partial charge in [-0.25, -0.2) is 4.98 Å². The largest absolute Gasteiger partial charge is 0.331 e. The van der Waals surface area contributed by atoms with Crippen LogP contribution in [0.15, 0.2) is 48.7 Å². The molecule has 1 aromatic carbocycles. The van der Waals surface area contributed by atoms with Crippen molar-refractivity contribution in [2.24, 2.45) is 0 Å². The van der Waals surface area contributed by atoms with E-state index in [1.807, 2.05) is 36.4 Å². The maximum atomic E-state index is 13.4. The molecule has 0 radical (unpaired) electrons. The molecular weight excluding hydrogens is 368 g/mol. The first-order valence-corrected chi connectivity index (χ1v) is 9.29. The molecule has 0 saturated carbocycles. The minimum Gasteiger partial charge on any atom is -0.331 e. The van der Waals surface area contributed by atoms with Gasteiger partial charge in [0.15, 0.2) is 0 Å². The lowest BCUT2D eigenvalue weighted by atomic mass is 9.84. The Morgan fingerprint density at radius 3 is 2.52 bits per heavy atom. The SMILES string of the molecule is CC(=O)N1C(=O)C(Cc2cccnc2C#N)N(C)C(=O)C1(C)Cc1ccccc1. The molecule has 2 unspecified atom stereocenters. The lowest BCUT2D eigenvalue weighted by Crippen LogP contribution is -2.71. The van der Waals surface area contributed by atoms with Crippen molar-refractivity contribution in [2.75, 3.05) is 7.05 Å². The number of piperazine rings is 1. The second-order valence-electron chi connectivity index (χ2n) is 7.39. The van der Waals surface area contributed by atoms with Gasteiger partial charge < -0.3 is 4.90 Å². The van der Waals surface area contributed by atoms with Crippen LogP contribution in [0.4, 0.5) is 0 Å². The fourth-order valence-electron chi connectivity index (χ4n) is 3.96. The van der Waals surface area contributed by atoms with Gasteiger partial charge in [-0.15, -0.1) is 0 Å². The monoisotopic (exact) mass is 390 g/mol. The van der Waals surface area contributed by atoms with Crippen molar-refractivity contribution < 1.29 is 14.4 Å². The number of benzene rings is 1. The van der Waals surface area contributed by atoms with Gasteiger partial charge in [-0.05, 0) is 24.1 Å². The molecule has 29 heavy (non-hydrogen) atoms. The summed E-state index contributed by atoms with van der Waals surface area (Å²) in [4.78, 5) is 45.6. The molecule has 1 aromatic heterocycles. The molecule has 7 heteroatoms. The number of imide groups is 1. The number of carbonyl (C=O) groups is 3. The Kier molecular flexibility index (Phi) is 5.46. The van der Waals surface area contributed by atoms with Crippen molar-refractivity contribution >= 4 is 17.7 Å². The zero-order chi connectivity index (χ0) is 21.2. The molecule has 0 aliphatic carbocycles. The van der Waals surface area contributed by atoms with Crippen LogP contribution < -0.4 is 0 Å². The van der Waals surface area contributed by atoms with Crippen LogP contribution in [0.1, 0.15) is 30.7 Å². The van der Waals surface area contributed by atoms with Crippen LogP contribution in [-0.2, 0) is 27.2 Å². The number of hydrogen-bond donors (Lipinski definition) is 0. The van der Waals surface area contributed by atoms with E-state index in [2.05, 4.69) is 4.98 Å². The first-order chi connectivity index (χ1) is 13.8. The molecule has 0 spiro atoms. The van der Waals surface area contributed by atoms with E-state index in [9.17, 15) is 19.6 Å². The summed E-state index contributed by atoms with van der Waals surface area (Å²) in [6.07, 6.45) is 1.84. The average molecular weight is 390 g/mol. The van der Waals surface area contributed by atoms with Gasteiger partial charge >= 0.3 is 0 Å². The molecule has 0 bridgehead atoms. The number of carbonyl (C=O) groups excluding carboxylic acids is 3. The molecule has 3 amide bonds. The summed E-state index contributed by atoms with van der Waals surface area (Å²) in [5, 5.41) is 9.28. The van der Waals surface area contributed by atoms with Crippen LogP contribution in [0.25, 0.3) is 0 Å². The van der Waals surface area contributed by atoms with Crippen LogP contribution >= 0.6 is 0 Å². The van der Waals surface area contributed by atoms with E-state index in [1.54, 1.807) is 26.1 Å². The molecule has 1 saturated heterocycles. The van der Waals surface area contributed by atoms with E-state index in [0.717, 1.165) is 10.5 Å². The Morgan fingerprint density at radius 2 is 1.90 bits per heavy atom. The van der Waals surface area contributed by atoms with E-state index < -0.39 is 23.4 Å². The third kappa shape index (κ3) is 3.61. The molecule has 3 rings (SSSR count). The number of amides is 3. The van der Waals surface area contributed by atoms with E-state index in [1.165, 1.54) is 18.0 Å². The number of rotatable bonds is 4. The quantitative estimate of drug-likeness (QED) is 0.792. The van der Waals surface area contributed by atoms with Crippen molar-refractivity contribution in [3.8, 4) is 6.07 Å². The highest BCUT2D eigenvalue weighted by molar-refractivity contribution is 6.08. The molecule has 0 N–H and O–H groups in total. The molecule has 148 valence electrons. The molecule has 2 heterocycles. The van der Waals surface area contributed by atoms with Gasteiger partial charge in [-0.1, -0.05) is 36.4 Å². The van der Waals surface area contributed by atoms with Crippen LogP contribution in [0, 0.1) is 11.3 Å². The summed E-state index contributed by atoms with van der Waals surface area (Å²) in [6.45, 7) is 2.92. The van der Waals surface area contributed by atoms with Gasteiger partial charge in [0.1, 0.15) is 23.3 Å². The van der Waals surface area contributed by atoms with Crippen molar-refractivity contribution in [2.45, 2.75) is 38.3 Å². The van der Waals surface area contributed by atoms with Crippen LogP contribution in [0.5, 0.6) is 0 Å². The zero-order valence-electron chi connectivity index (χ0n) is 16.6. The van der Waals surface area contributed by atoms with Gasteiger partial charge in [0.05, 0.1) is 0 Å². The predicted octanol–water partition coefficient (Wildman–Crippen LogP) is 1.71. The Bertz CT molecular complexity index is 999. The maximum absolute atomic E-state index is 13.4. The third-order valence-electron chi connectivity index (χ3n) is 5.36. The van der Waals surface area contributed by atoms with Crippen molar-refractivity contribution in [3.05, 3.63) is 65.5 Å². The topological polar surface area (TPSA) is 94.4 Å². The fourth-order valence-corrected chi connectivity index (χ4v) is 3.96. The number of pyridine rings is 1. The Morgan fingerprint density at radius 1 is 1.21 bits per heavy atom. The number of likely N-dealkylation sites (N-methyl/N-ethyl adjacent to an activating group) is 1. The van der Waals surface area contributed by atoms with Crippen LogP contribution in [0.2, 0.25) is 0 Å². The molecule has 1 aliphatic heterocycles. The van der Waals surface area contributed by atoms with E-state index in [0.29, 0.717) is 5.56 Å². The molecule has 2 aromatic rings. The Hall–Kier alpha value is -3.53. The zero-order valence-corrected chi connectivity index (χ0v) is 16.6. The summed E-state index contributed by atoms with van der Waals surface area (Å²) in [5.41, 5.74) is 0.298. The minimum absolute atomic E-state index is 0.114. The predicted molar refractivity (Wildman–Crippen MR) is 105 cm³/mol. The maximum Gasteiger partial charge on any atom is 0.253 e.